The van der Waals surface area contributed by atoms with Crippen LogP contribution in [0.25, 0.3) is 83.3 Å². The van der Waals surface area contributed by atoms with E-state index in [1.54, 1.807) is 0 Å². The van der Waals surface area contributed by atoms with E-state index in [0.29, 0.717) is 5.82 Å². The highest BCUT2D eigenvalue weighted by atomic mass is 15.4. The Morgan fingerprint density at radius 3 is 1.66 bits per heavy atom. The summed E-state index contributed by atoms with van der Waals surface area (Å²) in [4.78, 5) is 14.1. The van der Waals surface area contributed by atoms with Gasteiger partial charge in [0.25, 0.3) is 0 Å². The number of aromatic nitrogens is 5. The van der Waals surface area contributed by atoms with Crippen molar-refractivity contribution in [2.75, 3.05) is 0 Å². The van der Waals surface area contributed by atoms with Crippen LogP contribution >= 0.6 is 0 Å². The molecule has 6 aromatic carbocycles. The Morgan fingerprint density at radius 2 is 0.979 bits per heavy atom. The van der Waals surface area contributed by atoms with Crippen LogP contribution in [-0.2, 0) is 0 Å². The van der Waals surface area contributed by atoms with Gasteiger partial charge in [0, 0.05) is 34.3 Å². The minimum absolute atomic E-state index is 0.689. The van der Waals surface area contributed by atoms with E-state index in [1.807, 2.05) is 29.2 Å². The Morgan fingerprint density at radius 1 is 0.426 bits per heavy atom. The smallest absolute Gasteiger partial charge is 0.182 e. The van der Waals surface area contributed by atoms with Gasteiger partial charge in [-0.1, -0.05) is 103 Å². The first-order chi connectivity index (χ1) is 23.3. The van der Waals surface area contributed by atoms with Gasteiger partial charge in [-0.15, -0.1) is 5.10 Å². The van der Waals surface area contributed by atoms with Crippen LogP contribution in [0.4, 0.5) is 0 Å². The molecule has 0 fully saturated rings. The predicted molar refractivity (Wildman–Crippen MR) is 191 cm³/mol. The molecule has 220 valence electrons. The maximum Gasteiger partial charge on any atom is 0.182 e. The summed E-state index contributed by atoms with van der Waals surface area (Å²) in [7, 11) is 0. The highest BCUT2D eigenvalue weighted by molar-refractivity contribution is 5.95. The molecule has 0 unspecified atom stereocenters. The summed E-state index contributed by atoms with van der Waals surface area (Å²) >= 11 is 0. The molecule has 5 heteroatoms. The van der Waals surface area contributed by atoms with E-state index in [9.17, 15) is 0 Å². The van der Waals surface area contributed by atoms with Crippen molar-refractivity contribution in [2.45, 2.75) is 0 Å². The highest BCUT2D eigenvalue weighted by Crippen LogP contribution is 2.33. The Balaban J connectivity index is 1.14. The second-order valence-corrected chi connectivity index (χ2v) is 11.6. The molecule has 0 amide bonds. The summed E-state index contributed by atoms with van der Waals surface area (Å²) in [5.74, 6) is 1.47. The van der Waals surface area contributed by atoms with Crippen molar-refractivity contribution in [1.29, 1.82) is 0 Å². The maximum absolute atomic E-state index is 5.17. The van der Waals surface area contributed by atoms with E-state index in [0.717, 1.165) is 77.5 Å². The quantitative estimate of drug-likeness (QED) is 0.197. The van der Waals surface area contributed by atoms with Crippen molar-refractivity contribution in [3.05, 3.63) is 164 Å². The van der Waals surface area contributed by atoms with Crippen LogP contribution in [0.5, 0.6) is 0 Å². The Kier molecular flexibility index (Phi) is 6.39. The summed E-state index contributed by atoms with van der Waals surface area (Å²) in [6, 6.07) is 52.7. The molecule has 9 aromatic rings. The van der Waals surface area contributed by atoms with E-state index in [-0.39, 0.29) is 0 Å². The lowest BCUT2D eigenvalue weighted by atomic mass is 10.0. The lowest BCUT2D eigenvalue weighted by Crippen LogP contribution is -2.00. The van der Waals surface area contributed by atoms with E-state index in [4.69, 9.17) is 10.1 Å². The molecule has 0 radical (unpaired) electrons. The minimum Gasteiger partial charge on any atom is -0.256 e. The molecule has 0 bridgehead atoms. The number of pyridine rings is 2. The molecule has 9 rings (SSSR count). The molecule has 47 heavy (non-hydrogen) atoms. The zero-order valence-corrected chi connectivity index (χ0v) is 25.3. The number of nitrogens with zero attached hydrogens (tertiary/aromatic N) is 5. The van der Waals surface area contributed by atoms with Crippen molar-refractivity contribution in [3.8, 4) is 50.7 Å². The fourth-order valence-corrected chi connectivity index (χ4v) is 6.33. The molecule has 0 saturated heterocycles. The molecule has 0 atom stereocenters. The SMILES string of the molecule is c1cnc2ccc(-c3ccc(-c4nc(-c5cccc6ccccc56)nn4-c4ccc(-c5ccc6ncccc6c5)cc4)cc3)cc2c1. The fourth-order valence-electron chi connectivity index (χ4n) is 6.33. The van der Waals surface area contributed by atoms with Gasteiger partial charge in [0.15, 0.2) is 11.6 Å². The first-order valence-corrected chi connectivity index (χ1v) is 15.6. The summed E-state index contributed by atoms with van der Waals surface area (Å²) in [6.07, 6.45) is 3.65. The molecule has 0 spiro atoms. The van der Waals surface area contributed by atoms with Crippen LogP contribution in [0.1, 0.15) is 0 Å². The van der Waals surface area contributed by atoms with Crippen LogP contribution in [0.3, 0.4) is 0 Å². The van der Waals surface area contributed by atoms with Gasteiger partial charge in [-0.05, 0) is 81.6 Å². The number of hydrogen-bond acceptors (Lipinski definition) is 4. The summed E-state index contributed by atoms with van der Waals surface area (Å²) < 4.78 is 1.96. The number of fused-ring (bicyclic) bond motifs is 3. The van der Waals surface area contributed by atoms with E-state index >= 15 is 0 Å². The third-order valence-corrected chi connectivity index (χ3v) is 8.77. The van der Waals surface area contributed by atoms with Crippen molar-refractivity contribution < 1.29 is 0 Å². The Bertz CT molecular complexity index is 2420. The topological polar surface area (TPSA) is 56.5 Å². The molecule has 0 saturated carbocycles. The standard InChI is InChI=1S/C42H27N5/c1-2-10-37-30(6-1)7-3-11-38(37)41-45-42(31-14-12-28(13-15-31)32-18-22-39-34(26-32)8-4-24-43-39)47(46-41)36-20-16-29(17-21-36)33-19-23-40-35(27-33)9-5-25-44-40/h1-27H. The normalized spacial score (nSPS) is 11.4. The molecular weight excluding hydrogens is 574 g/mol. The van der Waals surface area contributed by atoms with Crippen LogP contribution in [0.15, 0.2) is 164 Å². The third kappa shape index (κ3) is 4.91. The first-order valence-electron chi connectivity index (χ1n) is 15.6. The van der Waals surface area contributed by atoms with Gasteiger partial charge in [0.05, 0.1) is 16.7 Å². The molecular formula is C42H27N5. The summed E-state index contributed by atoms with van der Waals surface area (Å²) in [5.41, 5.74) is 9.47. The second kappa shape index (κ2) is 11.2. The van der Waals surface area contributed by atoms with Gasteiger partial charge in [0.1, 0.15) is 0 Å². The first kappa shape index (κ1) is 26.9. The van der Waals surface area contributed by atoms with Crippen molar-refractivity contribution in [1.82, 2.24) is 24.7 Å². The monoisotopic (exact) mass is 601 g/mol. The molecule has 0 aliphatic carbocycles. The highest BCUT2D eigenvalue weighted by Gasteiger charge is 2.17. The average molecular weight is 602 g/mol. The van der Waals surface area contributed by atoms with Crippen LogP contribution in [0, 0.1) is 0 Å². The van der Waals surface area contributed by atoms with Gasteiger partial charge >= 0.3 is 0 Å². The Hall–Kier alpha value is -6.46. The zero-order chi connectivity index (χ0) is 31.2. The number of hydrogen-bond donors (Lipinski definition) is 0. The summed E-state index contributed by atoms with van der Waals surface area (Å²) in [5, 5.41) is 9.66. The molecule has 3 heterocycles. The van der Waals surface area contributed by atoms with Gasteiger partial charge in [-0.3, -0.25) is 9.97 Å². The largest absolute Gasteiger partial charge is 0.256 e. The van der Waals surface area contributed by atoms with E-state index in [2.05, 4.69) is 149 Å². The van der Waals surface area contributed by atoms with Crippen molar-refractivity contribution in [3.63, 3.8) is 0 Å². The minimum atomic E-state index is 0.689. The van der Waals surface area contributed by atoms with Crippen LogP contribution in [0.2, 0.25) is 0 Å². The molecule has 0 aliphatic heterocycles. The zero-order valence-electron chi connectivity index (χ0n) is 25.3. The second-order valence-electron chi connectivity index (χ2n) is 11.6. The van der Waals surface area contributed by atoms with Crippen LogP contribution in [-0.4, -0.2) is 24.7 Å². The van der Waals surface area contributed by atoms with Crippen molar-refractivity contribution in [2.24, 2.45) is 0 Å². The van der Waals surface area contributed by atoms with Crippen LogP contribution < -0.4 is 0 Å². The molecule has 5 nitrogen and oxygen atoms in total. The van der Waals surface area contributed by atoms with Crippen molar-refractivity contribution >= 4 is 32.6 Å². The summed E-state index contributed by atoms with van der Waals surface area (Å²) in [6.45, 7) is 0. The van der Waals surface area contributed by atoms with E-state index < -0.39 is 0 Å². The van der Waals surface area contributed by atoms with E-state index in [1.165, 1.54) is 0 Å². The average Bonchev–Trinajstić information content (AvgIpc) is 3.60. The fraction of sp³-hybridized carbons (Fsp3) is 0. The molecule has 0 aliphatic rings. The van der Waals surface area contributed by atoms with Gasteiger partial charge < -0.3 is 0 Å². The maximum atomic E-state index is 5.17. The molecule has 0 N–H and O–H groups in total. The number of benzene rings is 6. The van der Waals surface area contributed by atoms with Gasteiger partial charge in [0.2, 0.25) is 0 Å². The number of rotatable bonds is 5. The van der Waals surface area contributed by atoms with Gasteiger partial charge in [-0.2, -0.15) is 0 Å². The lowest BCUT2D eigenvalue weighted by Gasteiger charge is -2.09. The molecule has 3 aromatic heterocycles. The lowest BCUT2D eigenvalue weighted by molar-refractivity contribution is 0.891. The third-order valence-electron chi connectivity index (χ3n) is 8.77. The predicted octanol–water partition coefficient (Wildman–Crippen LogP) is 10.2. The van der Waals surface area contributed by atoms with Gasteiger partial charge in [-0.25, -0.2) is 9.67 Å². The Labute approximate surface area is 271 Å².